The first-order chi connectivity index (χ1) is 8.96. The summed E-state index contributed by atoms with van der Waals surface area (Å²) in [6, 6.07) is 9.80. The minimum Gasteiger partial charge on any atom is -0.318 e. The Hall–Kier alpha value is -1.40. The summed E-state index contributed by atoms with van der Waals surface area (Å²) in [6.07, 6.45) is 2.41. The van der Waals surface area contributed by atoms with Crippen LogP contribution < -0.4 is 0 Å². The number of nitrogens with zero attached hydrogens (tertiary/aromatic N) is 1. The highest BCUT2D eigenvalue weighted by atomic mass is 32.2. The molecule has 0 aromatic heterocycles. The lowest BCUT2D eigenvalue weighted by Crippen LogP contribution is -2.31. The maximum absolute atomic E-state index is 12.1. The van der Waals surface area contributed by atoms with Crippen molar-refractivity contribution < 1.29 is 17.4 Å². The van der Waals surface area contributed by atoms with E-state index in [9.17, 15) is 13.2 Å². The average molecular weight is 283 g/mol. The molecule has 1 saturated heterocycles. The normalized spacial score (nSPS) is 19.9. The van der Waals surface area contributed by atoms with Crippen molar-refractivity contribution in [2.45, 2.75) is 12.8 Å². The van der Waals surface area contributed by atoms with Crippen LogP contribution in [0, 0.1) is 5.92 Å². The predicted molar refractivity (Wildman–Crippen MR) is 70.8 cm³/mol. The van der Waals surface area contributed by atoms with Crippen LogP contribution >= 0.6 is 0 Å². The molecule has 104 valence electrons. The Bertz CT molecular complexity index is 541. The van der Waals surface area contributed by atoms with Gasteiger partial charge in [-0.3, -0.25) is 4.79 Å². The van der Waals surface area contributed by atoms with Crippen molar-refractivity contribution in [1.29, 1.82) is 0 Å². The van der Waals surface area contributed by atoms with Gasteiger partial charge in [0.15, 0.2) is 0 Å². The number of benzene rings is 1. The molecule has 1 atom stereocenters. The summed E-state index contributed by atoms with van der Waals surface area (Å²) in [4.78, 5) is 13.5. The van der Waals surface area contributed by atoms with Gasteiger partial charge in [-0.1, -0.05) is 30.3 Å². The molecule has 1 aromatic carbocycles. The van der Waals surface area contributed by atoms with Crippen molar-refractivity contribution in [2.75, 3.05) is 19.5 Å². The fourth-order valence-corrected chi connectivity index (χ4v) is 2.50. The zero-order valence-electron chi connectivity index (χ0n) is 10.8. The fraction of sp³-hybridized carbons (Fsp3) is 0.462. The Morgan fingerprint density at radius 3 is 2.63 bits per heavy atom. The molecular formula is C13H17NO4S. The van der Waals surface area contributed by atoms with E-state index in [1.54, 1.807) is 0 Å². The molecule has 5 nitrogen and oxygen atoms in total. The van der Waals surface area contributed by atoms with Gasteiger partial charge < -0.3 is 4.90 Å². The molecule has 1 amide bonds. The van der Waals surface area contributed by atoms with Gasteiger partial charge in [0.2, 0.25) is 5.91 Å². The van der Waals surface area contributed by atoms with Gasteiger partial charge in [0.25, 0.3) is 10.1 Å². The largest absolute Gasteiger partial charge is 0.318 e. The second-order valence-electron chi connectivity index (χ2n) is 4.73. The second-order valence-corrected chi connectivity index (χ2v) is 6.37. The van der Waals surface area contributed by atoms with E-state index in [1.807, 2.05) is 30.3 Å². The van der Waals surface area contributed by atoms with E-state index in [-0.39, 0.29) is 18.6 Å². The Morgan fingerprint density at radius 2 is 2.00 bits per heavy atom. The van der Waals surface area contributed by atoms with Crippen LogP contribution in [0.1, 0.15) is 12.0 Å². The number of likely N-dealkylation sites (tertiary alicyclic amines) is 1. The van der Waals surface area contributed by atoms with E-state index >= 15 is 0 Å². The molecule has 19 heavy (non-hydrogen) atoms. The minimum absolute atomic E-state index is 0.0347. The van der Waals surface area contributed by atoms with Crippen molar-refractivity contribution in [3.05, 3.63) is 35.9 Å². The molecule has 0 radical (unpaired) electrons. The molecule has 0 bridgehead atoms. The highest BCUT2D eigenvalue weighted by molar-refractivity contribution is 7.85. The molecule has 1 aliphatic heterocycles. The quantitative estimate of drug-likeness (QED) is 0.757. The van der Waals surface area contributed by atoms with Gasteiger partial charge in [-0.2, -0.15) is 8.42 Å². The minimum atomic E-state index is -3.51. The van der Waals surface area contributed by atoms with Crippen molar-refractivity contribution >= 4 is 16.0 Å². The zero-order chi connectivity index (χ0) is 13.9. The summed E-state index contributed by atoms with van der Waals surface area (Å²) >= 11 is 0. The van der Waals surface area contributed by atoms with E-state index in [1.165, 1.54) is 4.90 Å². The number of amides is 1. The number of rotatable bonds is 5. The topological polar surface area (TPSA) is 63.7 Å². The average Bonchev–Trinajstić information content (AvgIpc) is 2.69. The molecule has 0 aliphatic carbocycles. The summed E-state index contributed by atoms with van der Waals surface area (Å²) in [5.41, 5.74) is 1.12. The Kier molecular flexibility index (Phi) is 4.21. The van der Waals surface area contributed by atoms with Gasteiger partial charge in [0, 0.05) is 12.5 Å². The third-order valence-corrected chi connectivity index (χ3v) is 3.69. The summed E-state index contributed by atoms with van der Waals surface area (Å²) < 4.78 is 26.5. The van der Waals surface area contributed by atoms with E-state index < -0.39 is 10.1 Å². The molecule has 6 heteroatoms. The van der Waals surface area contributed by atoms with Crippen molar-refractivity contribution in [1.82, 2.24) is 4.90 Å². The van der Waals surface area contributed by atoms with Gasteiger partial charge in [-0.25, -0.2) is 4.18 Å². The first-order valence-electron chi connectivity index (χ1n) is 6.13. The molecular weight excluding hydrogens is 266 g/mol. The SMILES string of the molecule is CS(=O)(=O)OCN1CC[C@H](Cc2ccccc2)C1=O. The molecule has 0 unspecified atom stereocenters. The first-order valence-corrected chi connectivity index (χ1v) is 7.94. The maximum atomic E-state index is 12.1. The van der Waals surface area contributed by atoms with Gasteiger partial charge in [0.05, 0.1) is 6.26 Å². The maximum Gasteiger partial charge on any atom is 0.266 e. The number of hydrogen-bond acceptors (Lipinski definition) is 4. The number of hydrogen-bond donors (Lipinski definition) is 0. The van der Waals surface area contributed by atoms with Crippen LogP contribution in [0.15, 0.2) is 30.3 Å². The molecule has 0 spiro atoms. The standard InChI is InChI=1S/C13H17NO4S/c1-19(16,17)18-10-14-8-7-12(13(14)15)9-11-5-3-2-4-6-11/h2-6,12H,7-10H2,1H3/t12-/m1/s1. The summed E-state index contributed by atoms with van der Waals surface area (Å²) in [6.45, 7) is 0.370. The van der Waals surface area contributed by atoms with E-state index in [0.717, 1.165) is 18.2 Å². The predicted octanol–water partition coefficient (Wildman–Crippen LogP) is 1.01. The van der Waals surface area contributed by atoms with Gasteiger partial charge in [-0.05, 0) is 18.4 Å². The lowest BCUT2D eigenvalue weighted by molar-refractivity contribution is -0.133. The van der Waals surface area contributed by atoms with Crippen LogP contribution in [-0.2, 0) is 25.5 Å². The molecule has 0 saturated carbocycles. The lowest BCUT2D eigenvalue weighted by Gasteiger charge is -2.15. The molecule has 2 rings (SSSR count). The van der Waals surface area contributed by atoms with Crippen LogP contribution in [0.3, 0.4) is 0 Å². The Labute approximate surface area is 113 Å². The Balaban J connectivity index is 1.91. The zero-order valence-corrected chi connectivity index (χ0v) is 11.6. The smallest absolute Gasteiger partial charge is 0.266 e. The van der Waals surface area contributed by atoms with E-state index in [0.29, 0.717) is 13.0 Å². The van der Waals surface area contributed by atoms with Crippen LogP contribution in [0.5, 0.6) is 0 Å². The highest BCUT2D eigenvalue weighted by Crippen LogP contribution is 2.22. The summed E-state index contributed by atoms with van der Waals surface area (Å²) in [7, 11) is -3.51. The molecule has 0 N–H and O–H groups in total. The number of carbonyl (C=O) groups excluding carboxylic acids is 1. The van der Waals surface area contributed by atoms with Crippen molar-refractivity contribution in [2.24, 2.45) is 5.92 Å². The number of carbonyl (C=O) groups is 1. The van der Waals surface area contributed by atoms with E-state index in [2.05, 4.69) is 4.18 Å². The fourth-order valence-electron chi connectivity index (χ4n) is 2.18. The highest BCUT2D eigenvalue weighted by Gasteiger charge is 2.32. The summed E-state index contributed by atoms with van der Waals surface area (Å²) in [5, 5.41) is 0. The van der Waals surface area contributed by atoms with Crippen LogP contribution in [-0.4, -0.2) is 38.8 Å². The van der Waals surface area contributed by atoms with Crippen LogP contribution in [0.2, 0.25) is 0 Å². The first kappa shape index (κ1) is 14.0. The molecule has 1 aromatic rings. The third kappa shape index (κ3) is 4.04. The summed E-state index contributed by atoms with van der Waals surface area (Å²) in [5.74, 6) is -0.113. The van der Waals surface area contributed by atoms with Crippen LogP contribution in [0.4, 0.5) is 0 Å². The molecule has 1 fully saturated rings. The second kappa shape index (κ2) is 5.71. The van der Waals surface area contributed by atoms with Gasteiger partial charge in [-0.15, -0.1) is 0 Å². The molecule has 1 heterocycles. The monoisotopic (exact) mass is 283 g/mol. The van der Waals surface area contributed by atoms with Gasteiger partial charge >= 0.3 is 0 Å². The Morgan fingerprint density at radius 1 is 1.32 bits per heavy atom. The molecule has 1 aliphatic rings. The lowest BCUT2D eigenvalue weighted by atomic mass is 9.98. The van der Waals surface area contributed by atoms with Gasteiger partial charge in [0.1, 0.15) is 6.73 Å². The third-order valence-electron chi connectivity index (χ3n) is 3.16. The van der Waals surface area contributed by atoms with Crippen molar-refractivity contribution in [3.8, 4) is 0 Å². The van der Waals surface area contributed by atoms with Crippen molar-refractivity contribution in [3.63, 3.8) is 0 Å². The van der Waals surface area contributed by atoms with Crippen LogP contribution in [0.25, 0.3) is 0 Å². The van der Waals surface area contributed by atoms with E-state index in [4.69, 9.17) is 0 Å².